The largest absolute Gasteiger partial charge is 0.383 e. The third-order valence-electron chi connectivity index (χ3n) is 4.13. The molecule has 1 heterocycles. The van der Waals surface area contributed by atoms with Crippen LogP contribution in [0.15, 0.2) is 64.2 Å². The number of hydrogen-bond donors (Lipinski definition) is 3. The lowest BCUT2D eigenvalue weighted by molar-refractivity contribution is 0.732. The predicted molar refractivity (Wildman–Crippen MR) is 117 cm³/mol. The summed E-state index contributed by atoms with van der Waals surface area (Å²) < 4.78 is 1.30. The van der Waals surface area contributed by atoms with Crippen LogP contribution in [0.2, 0.25) is 5.02 Å². The second kappa shape index (κ2) is 8.28. The van der Waals surface area contributed by atoms with Gasteiger partial charge in [-0.2, -0.15) is 0 Å². The monoisotopic (exact) mass is 415 g/mol. The fourth-order valence-corrected chi connectivity index (χ4v) is 3.00. The van der Waals surface area contributed by atoms with Gasteiger partial charge in [-0.15, -0.1) is 0 Å². The maximum absolute atomic E-state index is 12.4. The average Bonchev–Trinajstić information content (AvgIpc) is 2.67. The number of nitrogen functional groups attached to an aromatic ring is 1. The number of nitrogens with one attached hydrogen (secondary N) is 2. The van der Waals surface area contributed by atoms with Crippen molar-refractivity contribution in [2.24, 2.45) is 0 Å². The van der Waals surface area contributed by atoms with E-state index < -0.39 is 11.2 Å². The molecule has 144 valence electrons. The van der Waals surface area contributed by atoms with Crippen LogP contribution < -0.4 is 27.2 Å². The molecule has 28 heavy (non-hydrogen) atoms. The maximum Gasteiger partial charge on any atom is 0.330 e. The summed E-state index contributed by atoms with van der Waals surface area (Å²) in [5, 5.41) is 3.84. The molecule has 3 aromatic rings. The minimum atomic E-state index is -0.616. The third-order valence-corrected chi connectivity index (χ3v) is 4.76. The molecule has 0 amide bonds. The summed E-state index contributed by atoms with van der Waals surface area (Å²) in [5.41, 5.74) is 6.64. The number of nitrogens with two attached hydrogens (primary N) is 1. The van der Waals surface area contributed by atoms with E-state index >= 15 is 0 Å². The van der Waals surface area contributed by atoms with Crippen molar-refractivity contribution in [2.75, 3.05) is 23.0 Å². The molecule has 3 rings (SSSR count). The number of aromatic nitrogens is 2. The second-order valence-electron chi connectivity index (χ2n) is 6.06. The Balaban J connectivity index is 1.93. The van der Waals surface area contributed by atoms with Crippen LogP contribution in [0.5, 0.6) is 0 Å². The van der Waals surface area contributed by atoms with Crippen molar-refractivity contribution in [3.63, 3.8) is 0 Å². The summed E-state index contributed by atoms with van der Waals surface area (Å²) in [5.74, 6) is 0.0281. The Morgan fingerprint density at radius 1 is 1.18 bits per heavy atom. The normalized spacial score (nSPS) is 10.5. The number of aromatic amines is 1. The maximum atomic E-state index is 12.4. The number of rotatable bonds is 4. The first-order chi connectivity index (χ1) is 13.4. The van der Waals surface area contributed by atoms with Gasteiger partial charge in [0.1, 0.15) is 5.82 Å². The molecule has 0 fully saturated rings. The Labute approximate surface area is 171 Å². The first kappa shape index (κ1) is 19.7. The standard InChI is InChI=1S/C19H18ClN5O2S/c1-24(19(28)22-14-9-7-13(20)8-10-14)15-16(21)25(18(27)23-17(15)26)11-12-5-3-2-4-6-12/h2-10H,11,21H2,1H3,(H,22,28)(H,23,26,27). The highest BCUT2D eigenvalue weighted by molar-refractivity contribution is 7.80. The van der Waals surface area contributed by atoms with Crippen LogP contribution in [0.25, 0.3) is 0 Å². The molecular weight excluding hydrogens is 398 g/mol. The van der Waals surface area contributed by atoms with E-state index in [1.165, 1.54) is 9.47 Å². The molecule has 7 nitrogen and oxygen atoms in total. The molecule has 9 heteroatoms. The SMILES string of the molecule is CN(C(=S)Nc1ccc(Cl)cc1)c1c(N)n(Cc2ccccc2)c(=O)[nH]c1=O. The third kappa shape index (κ3) is 4.24. The van der Waals surface area contributed by atoms with Crippen LogP contribution in [-0.2, 0) is 6.54 Å². The van der Waals surface area contributed by atoms with E-state index in [0.29, 0.717) is 10.7 Å². The van der Waals surface area contributed by atoms with E-state index in [1.807, 2.05) is 30.3 Å². The molecule has 0 aliphatic heterocycles. The van der Waals surface area contributed by atoms with E-state index in [4.69, 9.17) is 29.6 Å². The van der Waals surface area contributed by atoms with Gasteiger partial charge >= 0.3 is 5.69 Å². The van der Waals surface area contributed by atoms with Gasteiger partial charge in [0.2, 0.25) is 0 Å². The molecule has 0 atom stereocenters. The Kier molecular flexibility index (Phi) is 5.81. The molecule has 2 aromatic carbocycles. The van der Waals surface area contributed by atoms with E-state index in [0.717, 1.165) is 5.56 Å². The van der Waals surface area contributed by atoms with Crippen molar-refractivity contribution in [2.45, 2.75) is 6.54 Å². The number of anilines is 3. The van der Waals surface area contributed by atoms with Crippen LogP contribution >= 0.6 is 23.8 Å². The Hall–Kier alpha value is -3.10. The van der Waals surface area contributed by atoms with Crippen molar-refractivity contribution in [3.05, 3.63) is 86.0 Å². The van der Waals surface area contributed by atoms with E-state index in [2.05, 4.69) is 10.3 Å². The van der Waals surface area contributed by atoms with Crippen LogP contribution in [0.3, 0.4) is 0 Å². The second-order valence-corrected chi connectivity index (χ2v) is 6.88. The molecule has 1 aromatic heterocycles. The highest BCUT2D eigenvalue weighted by atomic mass is 35.5. The molecule has 0 bridgehead atoms. The molecule has 0 radical (unpaired) electrons. The minimum absolute atomic E-state index is 0.0281. The predicted octanol–water partition coefficient (Wildman–Crippen LogP) is 2.65. The van der Waals surface area contributed by atoms with Gasteiger partial charge in [-0.05, 0) is 42.0 Å². The van der Waals surface area contributed by atoms with E-state index in [-0.39, 0.29) is 23.2 Å². The Bertz CT molecular complexity index is 1110. The summed E-state index contributed by atoms with van der Waals surface area (Å²) in [6.07, 6.45) is 0. The van der Waals surface area contributed by atoms with Gasteiger partial charge in [-0.3, -0.25) is 14.3 Å². The summed E-state index contributed by atoms with van der Waals surface area (Å²) in [6, 6.07) is 16.3. The summed E-state index contributed by atoms with van der Waals surface area (Å²) in [4.78, 5) is 28.4. The highest BCUT2D eigenvalue weighted by Crippen LogP contribution is 2.19. The Morgan fingerprint density at radius 3 is 2.46 bits per heavy atom. The van der Waals surface area contributed by atoms with Gasteiger partial charge in [0, 0.05) is 17.8 Å². The molecular formula is C19H18ClN5O2S. The smallest absolute Gasteiger partial charge is 0.330 e. The van der Waals surface area contributed by atoms with Crippen molar-refractivity contribution < 1.29 is 0 Å². The molecule has 0 spiro atoms. The molecule has 0 aliphatic carbocycles. The number of halogens is 1. The van der Waals surface area contributed by atoms with Gasteiger partial charge in [-0.1, -0.05) is 41.9 Å². The quantitative estimate of drug-likeness (QED) is 0.567. The number of nitrogens with zero attached hydrogens (tertiary/aromatic N) is 2. The lowest BCUT2D eigenvalue weighted by atomic mass is 10.2. The lowest BCUT2D eigenvalue weighted by Gasteiger charge is -2.23. The van der Waals surface area contributed by atoms with E-state index in [1.54, 1.807) is 31.3 Å². The van der Waals surface area contributed by atoms with Gasteiger partial charge in [-0.25, -0.2) is 4.79 Å². The van der Waals surface area contributed by atoms with E-state index in [9.17, 15) is 9.59 Å². The molecule has 0 aliphatic rings. The molecule has 0 unspecified atom stereocenters. The highest BCUT2D eigenvalue weighted by Gasteiger charge is 2.19. The molecule has 4 N–H and O–H groups in total. The van der Waals surface area contributed by atoms with Crippen molar-refractivity contribution in [1.29, 1.82) is 0 Å². The van der Waals surface area contributed by atoms with Crippen LogP contribution in [0, 0.1) is 0 Å². The zero-order valence-corrected chi connectivity index (χ0v) is 16.6. The van der Waals surface area contributed by atoms with Crippen molar-refractivity contribution in [3.8, 4) is 0 Å². The minimum Gasteiger partial charge on any atom is -0.383 e. The van der Waals surface area contributed by atoms with Crippen molar-refractivity contribution >= 4 is 46.1 Å². The zero-order valence-electron chi connectivity index (χ0n) is 15.0. The van der Waals surface area contributed by atoms with Crippen LogP contribution in [0.4, 0.5) is 17.2 Å². The summed E-state index contributed by atoms with van der Waals surface area (Å²) in [7, 11) is 1.60. The van der Waals surface area contributed by atoms with Crippen LogP contribution in [0.1, 0.15) is 5.56 Å². The number of thiocarbonyl (C=S) groups is 1. The zero-order chi connectivity index (χ0) is 20.3. The van der Waals surface area contributed by atoms with Gasteiger partial charge in [0.15, 0.2) is 10.8 Å². The van der Waals surface area contributed by atoms with Gasteiger partial charge in [0.05, 0.1) is 6.54 Å². The van der Waals surface area contributed by atoms with Gasteiger partial charge in [0.25, 0.3) is 5.56 Å². The number of hydrogen-bond acceptors (Lipinski definition) is 4. The summed E-state index contributed by atoms with van der Waals surface area (Å²) >= 11 is 11.3. The topological polar surface area (TPSA) is 96.2 Å². The van der Waals surface area contributed by atoms with Crippen LogP contribution in [-0.4, -0.2) is 21.7 Å². The fraction of sp³-hybridized carbons (Fsp3) is 0.105. The average molecular weight is 416 g/mol. The molecule has 0 saturated heterocycles. The van der Waals surface area contributed by atoms with Crippen molar-refractivity contribution in [1.82, 2.24) is 9.55 Å². The summed E-state index contributed by atoms with van der Waals surface area (Å²) in [6.45, 7) is 0.223. The molecule has 0 saturated carbocycles. The first-order valence-electron chi connectivity index (χ1n) is 8.33. The Morgan fingerprint density at radius 2 is 1.82 bits per heavy atom. The number of H-pyrrole nitrogens is 1. The first-order valence-corrected chi connectivity index (χ1v) is 9.12. The fourth-order valence-electron chi connectivity index (χ4n) is 2.67. The van der Waals surface area contributed by atoms with Gasteiger partial charge < -0.3 is 16.0 Å². The lowest BCUT2D eigenvalue weighted by Crippen LogP contribution is -2.40. The number of benzene rings is 2.